The molecule has 1 aromatic heterocycles. The molecule has 2 N–H and O–H groups in total. The molecule has 0 fully saturated rings. The van der Waals surface area contributed by atoms with E-state index >= 15 is 0 Å². The fraction of sp³-hybridized carbons (Fsp3) is 0.267. The van der Waals surface area contributed by atoms with Crippen LogP contribution in [0.4, 0.5) is 0 Å². The Morgan fingerprint density at radius 3 is 2.28 bits per heavy atom. The number of benzene rings is 1. The van der Waals surface area contributed by atoms with Crippen molar-refractivity contribution in [3.05, 3.63) is 52.4 Å². The molecule has 0 spiro atoms. The highest BCUT2D eigenvalue weighted by Crippen LogP contribution is 2.35. The van der Waals surface area contributed by atoms with Gasteiger partial charge in [0.15, 0.2) is 0 Å². The van der Waals surface area contributed by atoms with E-state index in [2.05, 4.69) is 4.98 Å². The maximum absolute atomic E-state index is 11.9. The van der Waals surface area contributed by atoms with Gasteiger partial charge in [-0.1, -0.05) is 51.1 Å². The zero-order chi connectivity index (χ0) is 13.3. The van der Waals surface area contributed by atoms with Crippen molar-refractivity contribution in [2.75, 3.05) is 0 Å². The predicted molar refractivity (Wildman–Crippen MR) is 72.9 cm³/mol. The molecule has 0 saturated heterocycles. The van der Waals surface area contributed by atoms with Gasteiger partial charge in [0.2, 0.25) is 0 Å². The average Bonchev–Trinajstić information content (AvgIpc) is 2.28. The first-order valence-electron chi connectivity index (χ1n) is 5.92. The van der Waals surface area contributed by atoms with Crippen LogP contribution in [0.25, 0.3) is 11.1 Å². The summed E-state index contributed by atoms with van der Waals surface area (Å²) in [5, 5.41) is 10.3. The number of pyridine rings is 1. The zero-order valence-electron chi connectivity index (χ0n) is 10.8. The van der Waals surface area contributed by atoms with Gasteiger partial charge in [0.1, 0.15) is 5.75 Å². The summed E-state index contributed by atoms with van der Waals surface area (Å²) in [4.78, 5) is 14.6. The Balaban J connectivity index is 2.70. The van der Waals surface area contributed by atoms with E-state index in [0.717, 1.165) is 5.56 Å². The molecule has 0 atom stereocenters. The lowest BCUT2D eigenvalue weighted by Crippen LogP contribution is -2.24. The van der Waals surface area contributed by atoms with Crippen LogP contribution in [0.5, 0.6) is 5.75 Å². The second kappa shape index (κ2) is 4.33. The highest BCUT2D eigenvalue weighted by Gasteiger charge is 2.24. The first kappa shape index (κ1) is 12.4. The van der Waals surface area contributed by atoms with E-state index in [1.54, 1.807) is 6.20 Å². The molecule has 1 heterocycles. The number of hydrogen-bond donors (Lipinski definition) is 2. The van der Waals surface area contributed by atoms with Crippen LogP contribution in [-0.2, 0) is 5.41 Å². The number of aromatic amines is 1. The molecular weight excluding hydrogens is 226 g/mol. The maximum Gasteiger partial charge on any atom is 0.255 e. The topological polar surface area (TPSA) is 53.1 Å². The van der Waals surface area contributed by atoms with E-state index in [9.17, 15) is 9.90 Å². The van der Waals surface area contributed by atoms with Crippen molar-refractivity contribution in [2.45, 2.75) is 26.2 Å². The molecule has 0 saturated carbocycles. The van der Waals surface area contributed by atoms with E-state index in [1.165, 1.54) is 0 Å². The Kier molecular flexibility index (Phi) is 2.99. The Bertz CT molecular complexity index is 607. The summed E-state index contributed by atoms with van der Waals surface area (Å²) in [6.07, 6.45) is 1.56. The van der Waals surface area contributed by atoms with Crippen LogP contribution < -0.4 is 5.56 Å². The number of nitrogens with one attached hydrogen (secondary N) is 1. The van der Waals surface area contributed by atoms with E-state index in [-0.39, 0.29) is 11.3 Å². The number of rotatable bonds is 1. The van der Waals surface area contributed by atoms with Crippen LogP contribution in [0, 0.1) is 0 Å². The highest BCUT2D eigenvalue weighted by atomic mass is 16.3. The van der Waals surface area contributed by atoms with Gasteiger partial charge in [-0.05, 0) is 11.0 Å². The van der Waals surface area contributed by atoms with Gasteiger partial charge in [0.05, 0.1) is 5.56 Å². The van der Waals surface area contributed by atoms with Gasteiger partial charge in [-0.15, -0.1) is 0 Å². The van der Waals surface area contributed by atoms with Crippen molar-refractivity contribution >= 4 is 0 Å². The summed E-state index contributed by atoms with van der Waals surface area (Å²) in [5.74, 6) is 0.0671. The van der Waals surface area contributed by atoms with Gasteiger partial charge in [-0.3, -0.25) is 4.79 Å². The monoisotopic (exact) mass is 243 g/mol. The van der Waals surface area contributed by atoms with Crippen molar-refractivity contribution < 1.29 is 5.11 Å². The average molecular weight is 243 g/mol. The summed E-state index contributed by atoms with van der Waals surface area (Å²) in [5.41, 5.74) is 1.32. The molecule has 3 heteroatoms. The molecule has 18 heavy (non-hydrogen) atoms. The fourth-order valence-electron chi connectivity index (χ4n) is 2.05. The molecule has 0 aliphatic rings. The number of aromatic hydroxyl groups is 1. The van der Waals surface area contributed by atoms with Crippen molar-refractivity contribution in [3.63, 3.8) is 0 Å². The van der Waals surface area contributed by atoms with Crippen molar-refractivity contribution in [2.24, 2.45) is 0 Å². The molecule has 3 nitrogen and oxygen atoms in total. The van der Waals surface area contributed by atoms with E-state index in [0.29, 0.717) is 11.1 Å². The third-order valence-electron chi connectivity index (χ3n) is 2.90. The fourth-order valence-corrected chi connectivity index (χ4v) is 2.05. The normalized spacial score (nSPS) is 11.5. The van der Waals surface area contributed by atoms with Crippen molar-refractivity contribution in [3.8, 4) is 16.9 Å². The minimum absolute atomic E-state index is 0.0671. The largest absolute Gasteiger partial charge is 0.507 e. The van der Waals surface area contributed by atoms with Crippen LogP contribution in [0.2, 0.25) is 0 Å². The Morgan fingerprint density at radius 1 is 1.11 bits per heavy atom. The van der Waals surface area contributed by atoms with Gasteiger partial charge < -0.3 is 10.1 Å². The minimum atomic E-state index is -0.400. The summed E-state index contributed by atoms with van der Waals surface area (Å²) in [6.45, 7) is 5.73. The third kappa shape index (κ3) is 2.16. The zero-order valence-corrected chi connectivity index (χ0v) is 10.8. The summed E-state index contributed by atoms with van der Waals surface area (Å²) in [7, 11) is 0. The van der Waals surface area contributed by atoms with Gasteiger partial charge >= 0.3 is 0 Å². The predicted octanol–water partition coefficient (Wildman–Crippen LogP) is 3.05. The van der Waals surface area contributed by atoms with E-state index in [4.69, 9.17) is 0 Å². The molecule has 94 valence electrons. The minimum Gasteiger partial charge on any atom is -0.507 e. The molecule has 0 bridgehead atoms. The lowest BCUT2D eigenvalue weighted by Gasteiger charge is -2.20. The highest BCUT2D eigenvalue weighted by molar-refractivity contribution is 5.71. The molecule has 1 aromatic carbocycles. The second-order valence-corrected chi connectivity index (χ2v) is 5.37. The SMILES string of the molecule is CC(C)(C)c1c(O)c(-c2ccccc2)c[nH]c1=O. The standard InChI is InChI=1S/C15H17NO2/c1-15(2,3)12-13(17)11(9-16-14(12)18)10-7-5-4-6-8-10/h4-9H,1-3H3,(H2,16,17,18). The smallest absolute Gasteiger partial charge is 0.255 e. The van der Waals surface area contributed by atoms with E-state index in [1.807, 2.05) is 51.1 Å². The Morgan fingerprint density at radius 2 is 1.72 bits per heavy atom. The molecule has 0 radical (unpaired) electrons. The number of hydrogen-bond acceptors (Lipinski definition) is 2. The third-order valence-corrected chi connectivity index (χ3v) is 2.90. The van der Waals surface area contributed by atoms with Gasteiger partial charge in [0.25, 0.3) is 5.56 Å². The summed E-state index contributed by atoms with van der Waals surface area (Å²) in [6, 6.07) is 9.52. The molecule has 0 aliphatic carbocycles. The summed E-state index contributed by atoms with van der Waals surface area (Å²) < 4.78 is 0. The first-order valence-corrected chi connectivity index (χ1v) is 5.92. The van der Waals surface area contributed by atoms with Gasteiger partial charge in [0, 0.05) is 11.8 Å². The van der Waals surface area contributed by atoms with Gasteiger partial charge in [-0.2, -0.15) is 0 Å². The second-order valence-electron chi connectivity index (χ2n) is 5.37. The van der Waals surface area contributed by atoms with Crippen LogP contribution in [0.1, 0.15) is 26.3 Å². The molecule has 2 rings (SSSR count). The molecular formula is C15H17NO2. The summed E-state index contributed by atoms with van der Waals surface area (Å²) >= 11 is 0. The van der Waals surface area contributed by atoms with Crippen LogP contribution in [0.15, 0.2) is 41.3 Å². The molecule has 0 unspecified atom stereocenters. The Hall–Kier alpha value is -2.03. The number of H-pyrrole nitrogens is 1. The van der Waals surface area contributed by atoms with Crippen molar-refractivity contribution in [1.29, 1.82) is 0 Å². The number of aromatic nitrogens is 1. The first-order chi connectivity index (χ1) is 8.41. The van der Waals surface area contributed by atoms with Crippen LogP contribution >= 0.6 is 0 Å². The lowest BCUT2D eigenvalue weighted by molar-refractivity contribution is 0.444. The molecule has 0 amide bonds. The van der Waals surface area contributed by atoms with Crippen LogP contribution in [-0.4, -0.2) is 10.1 Å². The Labute approximate surface area is 106 Å². The lowest BCUT2D eigenvalue weighted by atomic mass is 9.85. The molecule has 2 aromatic rings. The van der Waals surface area contributed by atoms with E-state index < -0.39 is 5.41 Å². The van der Waals surface area contributed by atoms with Gasteiger partial charge in [-0.25, -0.2) is 0 Å². The van der Waals surface area contributed by atoms with Crippen LogP contribution in [0.3, 0.4) is 0 Å². The maximum atomic E-state index is 11.9. The molecule has 0 aliphatic heterocycles. The van der Waals surface area contributed by atoms with Crippen molar-refractivity contribution in [1.82, 2.24) is 4.98 Å². The quantitative estimate of drug-likeness (QED) is 0.808.